The number of benzene rings is 2. The van der Waals surface area contributed by atoms with Gasteiger partial charge in [-0.2, -0.15) is 0 Å². The molecule has 2 aromatic carbocycles. The molecule has 1 aliphatic heterocycles. The van der Waals surface area contributed by atoms with Crippen LogP contribution in [-0.4, -0.2) is 20.3 Å². The molecule has 1 aliphatic rings. The van der Waals surface area contributed by atoms with Crippen LogP contribution in [0.1, 0.15) is 5.56 Å². The number of carbonyl (C=O) groups is 1. The Morgan fingerprint density at radius 1 is 1.24 bits per heavy atom. The van der Waals surface area contributed by atoms with Gasteiger partial charge in [0.2, 0.25) is 0 Å². The first kappa shape index (κ1) is 17.1. The van der Waals surface area contributed by atoms with Crippen LogP contribution in [0.25, 0.3) is 6.08 Å². The number of thioether (sulfide) groups is 1. The zero-order chi connectivity index (χ0) is 18.1. The average Bonchev–Trinajstić information content (AvgIpc) is 2.84. The van der Waals surface area contributed by atoms with Gasteiger partial charge in [0, 0.05) is 6.07 Å². The van der Waals surface area contributed by atoms with Gasteiger partial charge in [-0.05, 0) is 42.0 Å². The fourth-order valence-corrected chi connectivity index (χ4v) is 3.51. The monoisotopic (exact) mass is 376 g/mol. The largest absolute Gasteiger partial charge is 0.502 e. The summed E-state index contributed by atoms with van der Waals surface area (Å²) in [4.78, 5) is 24.3. The number of phenolic OH excluding ortho intramolecular Hbond substituents is 1. The SMILES string of the molecule is O=C1/C(=C\c2ccc(O)c([N+](=O)[O-])c2)SC(=S)N1c1ccc(F)cc1. The molecule has 1 fully saturated rings. The fraction of sp³-hybridized carbons (Fsp3) is 0. The molecular weight excluding hydrogens is 367 g/mol. The predicted octanol–water partition coefficient (Wildman–Crippen LogP) is 3.85. The van der Waals surface area contributed by atoms with Gasteiger partial charge in [-0.3, -0.25) is 19.8 Å². The number of amides is 1. The van der Waals surface area contributed by atoms with E-state index in [-0.39, 0.29) is 9.23 Å². The molecule has 1 amide bonds. The number of aromatic hydroxyl groups is 1. The maximum absolute atomic E-state index is 13.0. The molecule has 0 aromatic heterocycles. The van der Waals surface area contributed by atoms with Crippen LogP contribution in [0, 0.1) is 15.9 Å². The summed E-state index contributed by atoms with van der Waals surface area (Å²) in [7, 11) is 0. The van der Waals surface area contributed by atoms with Crippen molar-refractivity contribution in [1.29, 1.82) is 0 Å². The van der Waals surface area contributed by atoms with Crippen LogP contribution in [0.3, 0.4) is 0 Å². The average molecular weight is 376 g/mol. The number of hydrogen-bond acceptors (Lipinski definition) is 6. The number of nitro benzene ring substituents is 1. The minimum Gasteiger partial charge on any atom is -0.502 e. The lowest BCUT2D eigenvalue weighted by atomic mass is 10.1. The van der Waals surface area contributed by atoms with Crippen molar-refractivity contribution in [2.24, 2.45) is 0 Å². The van der Waals surface area contributed by atoms with Crippen molar-refractivity contribution in [3.63, 3.8) is 0 Å². The van der Waals surface area contributed by atoms with Crippen LogP contribution in [0.2, 0.25) is 0 Å². The number of thiocarbonyl (C=S) groups is 1. The van der Waals surface area contributed by atoms with E-state index in [1.54, 1.807) is 0 Å². The van der Waals surface area contributed by atoms with Crippen molar-refractivity contribution in [1.82, 2.24) is 0 Å². The third kappa shape index (κ3) is 3.37. The molecule has 0 saturated carbocycles. The van der Waals surface area contributed by atoms with Crippen LogP contribution in [0.15, 0.2) is 47.4 Å². The van der Waals surface area contributed by atoms with Gasteiger partial charge in [-0.1, -0.05) is 30.0 Å². The molecular formula is C16H9FN2O4S2. The van der Waals surface area contributed by atoms with E-state index in [0.29, 0.717) is 11.3 Å². The Bertz CT molecular complexity index is 928. The van der Waals surface area contributed by atoms with Crippen LogP contribution < -0.4 is 4.90 Å². The predicted molar refractivity (Wildman–Crippen MR) is 96.8 cm³/mol. The summed E-state index contributed by atoms with van der Waals surface area (Å²) < 4.78 is 13.3. The summed E-state index contributed by atoms with van der Waals surface area (Å²) >= 11 is 6.24. The number of halogens is 1. The molecule has 0 unspecified atom stereocenters. The summed E-state index contributed by atoms with van der Waals surface area (Å²) in [5.74, 6) is -1.29. The molecule has 0 aliphatic carbocycles. The zero-order valence-corrected chi connectivity index (χ0v) is 14.0. The number of anilines is 1. The third-order valence-corrected chi connectivity index (χ3v) is 4.67. The van der Waals surface area contributed by atoms with Gasteiger partial charge in [0.1, 0.15) is 5.82 Å². The molecule has 3 rings (SSSR count). The Morgan fingerprint density at radius 3 is 2.56 bits per heavy atom. The standard InChI is InChI=1S/C16H9FN2O4S2/c17-10-2-4-11(5-3-10)18-15(21)14(25-16(18)24)8-9-1-6-13(20)12(7-9)19(22)23/h1-8,20H/b14-8+. The molecule has 25 heavy (non-hydrogen) atoms. The van der Waals surface area contributed by atoms with E-state index in [1.807, 2.05) is 0 Å². The Balaban J connectivity index is 1.94. The van der Waals surface area contributed by atoms with Gasteiger partial charge in [-0.15, -0.1) is 0 Å². The minimum atomic E-state index is -0.712. The van der Waals surface area contributed by atoms with E-state index in [1.165, 1.54) is 53.4 Å². The molecule has 0 atom stereocenters. The van der Waals surface area contributed by atoms with E-state index in [9.17, 15) is 24.4 Å². The molecule has 2 aromatic rings. The van der Waals surface area contributed by atoms with E-state index in [4.69, 9.17) is 12.2 Å². The second kappa shape index (κ2) is 6.61. The summed E-state index contributed by atoms with van der Waals surface area (Å²) in [6, 6.07) is 9.13. The quantitative estimate of drug-likeness (QED) is 0.379. The molecule has 126 valence electrons. The number of carbonyl (C=O) groups excluding carboxylic acids is 1. The van der Waals surface area contributed by atoms with E-state index in [2.05, 4.69) is 0 Å². The summed E-state index contributed by atoms with van der Waals surface area (Å²) in [5.41, 5.74) is 0.357. The minimum absolute atomic E-state index is 0.273. The molecule has 0 bridgehead atoms. The van der Waals surface area contributed by atoms with Gasteiger partial charge >= 0.3 is 5.69 Å². The van der Waals surface area contributed by atoms with Crippen LogP contribution in [0.5, 0.6) is 5.75 Å². The third-order valence-electron chi connectivity index (χ3n) is 3.37. The number of phenols is 1. The van der Waals surface area contributed by atoms with Crippen molar-refractivity contribution < 1.29 is 19.2 Å². The van der Waals surface area contributed by atoms with Crippen molar-refractivity contribution >= 4 is 51.7 Å². The highest BCUT2D eigenvalue weighted by atomic mass is 32.2. The van der Waals surface area contributed by atoms with Gasteiger partial charge in [-0.25, -0.2) is 4.39 Å². The number of hydrogen-bond donors (Lipinski definition) is 1. The topological polar surface area (TPSA) is 83.7 Å². The first-order valence-electron chi connectivity index (χ1n) is 6.88. The Morgan fingerprint density at radius 2 is 1.92 bits per heavy atom. The molecule has 9 heteroatoms. The maximum Gasteiger partial charge on any atom is 0.311 e. The smallest absolute Gasteiger partial charge is 0.311 e. The summed E-state index contributed by atoms with van der Waals surface area (Å²) in [5, 5.41) is 20.4. The molecule has 1 N–H and O–H groups in total. The zero-order valence-electron chi connectivity index (χ0n) is 12.4. The van der Waals surface area contributed by atoms with Crippen molar-refractivity contribution in [2.45, 2.75) is 0 Å². The van der Waals surface area contributed by atoms with Crippen molar-refractivity contribution in [2.75, 3.05) is 4.90 Å². The maximum atomic E-state index is 13.0. The number of nitrogens with zero attached hydrogens (tertiary/aromatic N) is 2. The van der Waals surface area contributed by atoms with Crippen LogP contribution in [0.4, 0.5) is 15.8 Å². The highest BCUT2D eigenvalue weighted by Gasteiger charge is 2.33. The van der Waals surface area contributed by atoms with Gasteiger partial charge < -0.3 is 5.11 Å². The molecule has 1 heterocycles. The van der Waals surface area contributed by atoms with Crippen LogP contribution >= 0.6 is 24.0 Å². The highest BCUT2D eigenvalue weighted by molar-refractivity contribution is 8.27. The van der Waals surface area contributed by atoms with Gasteiger partial charge in [0.15, 0.2) is 10.1 Å². The van der Waals surface area contributed by atoms with Crippen molar-refractivity contribution in [3.8, 4) is 5.75 Å². The molecule has 0 spiro atoms. The van der Waals surface area contributed by atoms with E-state index >= 15 is 0 Å². The lowest BCUT2D eigenvalue weighted by Gasteiger charge is -2.14. The Hall–Kier alpha value is -2.78. The lowest BCUT2D eigenvalue weighted by molar-refractivity contribution is -0.385. The fourth-order valence-electron chi connectivity index (χ4n) is 2.21. The first-order chi connectivity index (χ1) is 11.9. The van der Waals surface area contributed by atoms with Crippen molar-refractivity contribution in [3.05, 3.63) is 68.9 Å². The van der Waals surface area contributed by atoms with Gasteiger partial charge in [0.05, 0.1) is 15.5 Å². The number of rotatable bonds is 3. The van der Waals surface area contributed by atoms with E-state index in [0.717, 1.165) is 11.8 Å². The second-order valence-electron chi connectivity index (χ2n) is 5.00. The van der Waals surface area contributed by atoms with E-state index < -0.39 is 28.1 Å². The lowest BCUT2D eigenvalue weighted by Crippen LogP contribution is -2.27. The Labute approximate surface area is 150 Å². The first-order valence-corrected chi connectivity index (χ1v) is 8.10. The summed E-state index contributed by atoms with van der Waals surface area (Å²) in [6.45, 7) is 0. The van der Waals surface area contributed by atoms with Gasteiger partial charge in [0.25, 0.3) is 5.91 Å². The molecule has 6 nitrogen and oxygen atoms in total. The second-order valence-corrected chi connectivity index (χ2v) is 6.67. The van der Waals surface area contributed by atoms with Crippen LogP contribution in [-0.2, 0) is 4.79 Å². The molecule has 1 saturated heterocycles. The number of nitro groups is 1. The highest BCUT2D eigenvalue weighted by Crippen LogP contribution is 2.37. The molecule has 0 radical (unpaired) electrons. The Kier molecular flexibility index (Phi) is 4.51. The summed E-state index contributed by atoms with van der Waals surface area (Å²) in [6.07, 6.45) is 1.45. The normalized spacial score (nSPS) is 15.9.